The quantitative estimate of drug-likeness (QED) is 0.748. The largest absolute Gasteiger partial charge is 0.506 e. The van der Waals surface area contributed by atoms with Crippen LogP contribution in [-0.4, -0.2) is 36.0 Å². The van der Waals surface area contributed by atoms with Crippen molar-refractivity contribution in [2.75, 3.05) is 18.4 Å². The molecule has 0 radical (unpaired) electrons. The summed E-state index contributed by atoms with van der Waals surface area (Å²) < 4.78 is 11.1. The Bertz CT molecular complexity index is 519. The van der Waals surface area contributed by atoms with Crippen LogP contribution in [0.5, 0.6) is 11.5 Å². The van der Waals surface area contributed by atoms with Gasteiger partial charge in [0.2, 0.25) is 0 Å². The molecule has 1 heterocycles. The van der Waals surface area contributed by atoms with E-state index in [1.807, 2.05) is 0 Å². The molecule has 1 fully saturated rings. The minimum absolute atomic E-state index is 0.0245. The fraction of sp³-hybridized carbons (Fsp3) is 0.562. The van der Waals surface area contributed by atoms with Crippen LogP contribution in [0, 0.1) is 0 Å². The molecule has 3 N–H and O–H groups in total. The number of benzene rings is 1. The van der Waals surface area contributed by atoms with E-state index >= 15 is 0 Å². The lowest BCUT2D eigenvalue weighted by molar-refractivity contribution is 0.0635. The summed E-state index contributed by atoms with van der Waals surface area (Å²) in [5.41, 5.74) is -0.316. The second-order valence-electron chi connectivity index (χ2n) is 6.37. The molecule has 1 amide bonds. The van der Waals surface area contributed by atoms with Crippen molar-refractivity contribution < 1.29 is 19.4 Å². The average molecular weight is 308 g/mol. The maximum atomic E-state index is 11.8. The third kappa shape index (κ3) is 5.11. The van der Waals surface area contributed by atoms with Crippen LogP contribution in [0.1, 0.15) is 33.6 Å². The number of carbonyl (C=O) groups is 1. The van der Waals surface area contributed by atoms with Gasteiger partial charge in [-0.05, 0) is 58.8 Å². The van der Waals surface area contributed by atoms with Gasteiger partial charge >= 0.3 is 6.09 Å². The van der Waals surface area contributed by atoms with Gasteiger partial charge < -0.3 is 19.9 Å². The third-order valence-corrected chi connectivity index (χ3v) is 3.19. The van der Waals surface area contributed by atoms with Crippen LogP contribution in [0.15, 0.2) is 18.2 Å². The van der Waals surface area contributed by atoms with Gasteiger partial charge in [-0.25, -0.2) is 4.79 Å². The molecule has 6 heteroatoms. The van der Waals surface area contributed by atoms with Crippen LogP contribution in [0.25, 0.3) is 0 Å². The SMILES string of the molecule is CC(C)(C)OC(=O)Nc1cc(OC2CCNCC2)ccc1O. The standard InChI is InChI=1S/C16H24N2O4/c1-16(2,3)22-15(20)18-13-10-12(4-5-14(13)19)21-11-6-8-17-9-7-11/h4-5,10-11,17,19H,6-9H2,1-3H3,(H,18,20). The highest BCUT2D eigenvalue weighted by Crippen LogP contribution is 2.29. The summed E-state index contributed by atoms with van der Waals surface area (Å²) in [6.07, 6.45) is 1.42. The predicted octanol–water partition coefficient (Wildman–Crippen LogP) is 2.87. The molecule has 0 atom stereocenters. The van der Waals surface area contributed by atoms with Crippen molar-refractivity contribution in [2.45, 2.75) is 45.3 Å². The van der Waals surface area contributed by atoms with Crippen LogP contribution < -0.4 is 15.4 Å². The van der Waals surface area contributed by atoms with E-state index in [1.54, 1.807) is 32.9 Å². The molecule has 0 saturated carbocycles. The highest BCUT2D eigenvalue weighted by Gasteiger charge is 2.18. The fourth-order valence-corrected chi connectivity index (χ4v) is 2.21. The van der Waals surface area contributed by atoms with Crippen LogP contribution in [0.2, 0.25) is 0 Å². The predicted molar refractivity (Wildman–Crippen MR) is 84.5 cm³/mol. The van der Waals surface area contributed by atoms with E-state index in [0.717, 1.165) is 25.9 Å². The van der Waals surface area contributed by atoms with Gasteiger partial charge in [-0.1, -0.05) is 0 Å². The second kappa shape index (κ2) is 6.87. The van der Waals surface area contributed by atoms with E-state index in [9.17, 15) is 9.90 Å². The number of rotatable bonds is 3. The maximum absolute atomic E-state index is 11.8. The second-order valence-corrected chi connectivity index (χ2v) is 6.37. The molecule has 1 saturated heterocycles. The van der Waals surface area contributed by atoms with Crippen LogP contribution in [0.3, 0.4) is 0 Å². The molecule has 0 bridgehead atoms. The van der Waals surface area contributed by atoms with E-state index < -0.39 is 11.7 Å². The Kier molecular flexibility index (Phi) is 5.13. The number of ether oxygens (including phenoxy) is 2. The minimum atomic E-state index is -0.609. The zero-order valence-corrected chi connectivity index (χ0v) is 13.3. The molecular formula is C16H24N2O4. The van der Waals surface area contributed by atoms with Gasteiger partial charge in [-0.15, -0.1) is 0 Å². The summed E-state index contributed by atoms with van der Waals surface area (Å²) in [4.78, 5) is 11.8. The van der Waals surface area contributed by atoms with Gasteiger partial charge in [0.05, 0.1) is 5.69 Å². The lowest BCUT2D eigenvalue weighted by Crippen LogP contribution is -2.34. The molecule has 0 spiro atoms. The first-order chi connectivity index (χ1) is 10.3. The topological polar surface area (TPSA) is 79.8 Å². The Morgan fingerprint density at radius 1 is 1.32 bits per heavy atom. The van der Waals surface area contributed by atoms with E-state index in [0.29, 0.717) is 5.75 Å². The fourth-order valence-electron chi connectivity index (χ4n) is 2.21. The molecular weight excluding hydrogens is 284 g/mol. The molecule has 122 valence electrons. The normalized spacial score (nSPS) is 16.1. The molecule has 1 aromatic carbocycles. The first-order valence-electron chi connectivity index (χ1n) is 7.54. The monoisotopic (exact) mass is 308 g/mol. The number of nitrogens with one attached hydrogen (secondary N) is 2. The van der Waals surface area contributed by atoms with E-state index in [-0.39, 0.29) is 17.5 Å². The number of aromatic hydroxyl groups is 1. The first-order valence-corrected chi connectivity index (χ1v) is 7.54. The number of piperidine rings is 1. The van der Waals surface area contributed by atoms with Gasteiger partial charge in [0.1, 0.15) is 23.2 Å². The Labute approximate surface area is 130 Å². The summed E-state index contributed by atoms with van der Waals surface area (Å²) in [6, 6.07) is 4.81. The average Bonchev–Trinajstić information content (AvgIpc) is 2.41. The summed E-state index contributed by atoms with van der Waals surface area (Å²) >= 11 is 0. The zero-order valence-electron chi connectivity index (χ0n) is 13.3. The van der Waals surface area contributed by atoms with E-state index in [2.05, 4.69) is 10.6 Å². The molecule has 0 unspecified atom stereocenters. The number of phenolic OH excluding ortho intramolecular Hbond substituents is 1. The lowest BCUT2D eigenvalue weighted by atomic mass is 10.1. The summed E-state index contributed by atoms with van der Waals surface area (Å²) in [6.45, 7) is 7.22. The number of hydrogen-bond donors (Lipinski definition) is 3. The Hall–Kier alpha value is -1.95. The van der Waals surface area contributed by atoms with Gasteiger partial charge in [0.25, 0.3) is 0 Å². The van der Waals surface area contributed by atoms with Gasteiger partial charge in [-0.3, -0.25) is 5.32 Å². The molecule has 22 heavy (non-hydrogen) atoms. The van der Waals surface area contributed by atoms with Crippen molar-refractivity contribution in [3.05, 3.63) is 18.2 Å². The van der Waals surface area contributed by atoms with Crippen molar-refractivity contribution in [3.8, 4) is 11.5 Å². The number of hydrogen-bond acceptors (Lipinski definition) is 5. The molecule has 0 aromatic heterocycles. The third-order valence-electron chi connectivity index (χ3n) is 3.19. The molecule has 1 aromatic rings. The highest BCUT2D eigenvalue weighted by atomic mass is 16.6. The Morgan fingerprint density at radius 3 is 2.64 bits per heavy atom. The van der Waals surface area contributed by atoms with Crippen molar-refractivity contribution >= 4 is 11.8 Å². The van der Waals surface area contributed by atoms with Crippen LogP contribution >= 0.6 is 0 Å². The maximum Gasteiger partial charge on any atom is 0.412 e. The molecule has 2 rings (SSSR count). The molecule has 1 aliphatic heterocycles. The number of amides is 1. The summed E-state index contributed by atoms with van der Waals surface area (Å²) in [7, 11) is 0. The smallest absolute Gasteiger partial charge is 0.412 e. The number of phenols is 1. The van der Waals surface area contributed by atoms with E-state index in [4.69, 9.17) is 9.47 Å². The van der Waals surface area contributed by atoms with Crippen molar-refractivity contribution in [1.82, 2.24) is 5.32 Å². The van der Waals surface area contributed by atoms with Crippen LogP contribution in [-0.2, 0) is 4.74 Å². The van der Waals surface area contributed by atoms with Crippen molar-refractivity contribution in [3.63, 3.8) is 0 Å². The Morgan fingerprint density at radius 2 is 2.00 bits per heavy atom. The molecule has 1 aliphatic rings. The first kappa shape index (κ1) is 16.4. The van der Waals surface area contributed by atoms with Crippen LogP contribution in [0.4, 0.5) is 10.5 Å². The summed E-state index contributed by atoms with van der Waals surface area (Å²) in [5, 5.41) is 15.7. The van der Waals surface area contributed by atoms with Gasteiger partial charge in [0, 0.05) is 6.07 Å². The highest BCUT2D eigenvalue weighted by molar-refractivity contribution is 5.87. The van der Waals surface area contributed by atoms with Gasteiger partial charge in [0.15, 0.2) is 0 Å². The number of carbonyl (C=O) groups excluding carboxylic acids is 1. The molecule has 0 aliphatic carbocycles. The van der Waals surface area contributed by atoms with Gasteiger partial charge in [-0.2, -0.15) is 0 Å². The minimum Gasteiger partial charge on any atom is -0.506 e. The lowest BCUT2D eigenvalue weighted by Gasteiger charge is -2.24. The summed E-state index contributed by atoms with van der Waals surface area (Å²) in [5.74, 6) is 0.597. The van der Waals surface area contributed by atoms with Crippen molar-refractivity contribution in [2.24, 2.45) is 0 Å². The Balaban J connectivity index is 2.01. The molecule has 6 nitrogen and oxygen atoms in total. The van der Waals surface area contributed by atoms with E-state index in [1.165, 1.54) is 6.07 Å². The number of anilines is 1. The van der Waals surface area contributed by atoms with Crippen molar-refractivity contribution in [1.29, 1.82) is 0 Å². The zero-order chi connectivity index (χ0) is 16.2.